The predicted molar refractivity (Wildman–Crippen MR) is 117 cm³/mol. The van der Waals surface area contributed by atoms with Crippen molar-refractivity contribution >= 4 is 22.9 Å². The molecular weight excluding hydrogens is 380 g/mol. The number of hydrogen-bond donors (Lipinski definition) is 2. The van der Waals surface area contributed by atoms with E-state index in [-0.39, 0.29) is 5.91 Å². The van der Waals surface area contributed by atoms with E-state index < -0.39 is 11.7 Å². The van der Waals surface area contributed by atoms with E-state index in [4.69, 9.17) is 4.74 Å². The molecule has 0 spiro atoms. The molecule has 7 heteroatoms. The number of nitrogens with zero attached hydrogens (tertiary/aromatic N) is 2. The van der Waals surface area contributed by atoms with E-state index in [1.165, 1.54) is 0 Å². The number of nitrogens with one attached hydrogen (secondary N) is 2. The Labute approximate surface area is 176 Å². The molecule has 3 rings (SSSR count). The Bertz CT molecular complexity index is 1030. The van der Waals surface area contributed by atoms with Gasteiger partial charge in [-0.25, -0.2) is 4.79 Å². The van der Waals surface area contributed by atoms with Crippen LogP contribution in [-0.4, -0.2) is 40.5 Å². The molecule has 0 saturated heterocycles. The second-order valence-corrected chi connectivity index (χ2v) is 8.10. The first-order chi connectivity index (χ1) is 14.2. The van der Waals surface area contributed by atoms with Crippen LogP contribution < -0.4 is 10.6 Å². The molecule has 0 radical (unpaired) electrons. The molecule has 0 bridgehead atoms. The lowest BCUT2D eigenvalue weighted by atomic mass is 10.1. The molecule has 0 fully saturated rings. The van der Waals surface area contributed by atoms with Crippen molar-refractivity contribution in [3.05, 3.63) is 54.1 Å². The summed E-state index contributed by atoms with van der Waals surface area (Å²) in [5, 5.41) is 11.2. The van der Waals surface area contributed by atoms with E-state index in [1.54, 1.807) is 12.1 Å². The lowest BCUT2D eigenvalue weighted by Gasteiger charge is -2.19. The number of hydrogen-bond acceptors (Lipinski definition) is 4. The largest absolute Gasteiger partial charge is 0.444 e. The van der Waals surface area contributed by atoms with E-state index >= 15 is 0 Å². The van der Waals surface area contributed by atoms with Crippen molar-refractivity contribution in [3.63, 3.8) is 0 Å². The van der Waals surface area contributed by atoms with Crippen LogP contribution >= 0.6 is 0 Å². The van der Waals surface area contributed by atoms with Crippen LogP contribution in [0.5, 0.6) is 0 Å². The monoisotopic (exact) mass is 408 g/mol. The standard InChI is InChI=1S/C23H28N4O3/c1-23(2,3)30-22(29)25-15-7-14-24-21(28)17-12-10-16(11-13-17)20-18-8-5-6-9-19(18)27(4)26-20/h5-6,8-13H,7,14-15H2,1-4H3,(H,24,28)(H,25,29). The van der Waals surface area contributed by atoms with E-state index in [1.807, 2.05) is 68.9 Å². The minimum absolute atomic E-state index is 0.148. The number of benzene rings is 2. The zero-order valence-electron chi connectivity index (χ0n) is 17.9. The highest BCUT2D eigenvalue weighted by Crippen LogP contribution is 2.27. The fourth-order valence-corrected chi connectivity index (χ4v) is 3.10. The summed E-state index contributed by atoms with van der Waals surface area (Å²) in [6.45, 7) is 6.33. The van der Waals surface area contributed by atoms with Gasteiger partial charge in [0.25, 0.3) is 5.91 Å². The van der Waals surface area contributed by atoms with Gasteiger partial charge >= 0.3 is 6.09 Å². The molecule has 0 atom stereocenters. The Morgan fingerprint density at radius 3 is 2.37 bits per heavy atom. The van der Waals surface area contributed by atoms with Crippen LogP contribution in [0, 0.1) is 0 Å². The molecule has 2 amide bonds. The lowest BCUT2D eigenvalue weighted by Crippen LogP contribution is -2.34. The quantitative estimate of drug-likeness (QED) is 0.606. The number of aryl methyl sites for hydroxylation is 1. The predicted octanol–water partition coefficient (Wildman–Crippen LogP) is 3.88. The second-order valence-electron chi connectivity index (χ2n) is 8.10. The molecule has 0 aliphatic carbocycles. The van der Waals surface area contributed by atoms with E-state index in [9.17, 15) is 9.59 Å². The molecule has 0 aliphatic rings. The van der Waals surface area contributed by atoms with Crippen LogP contribution in [0.4, 0.5) is 4.79 Å². The molecule has 1 aromatic heterocycles. The summed E-state index contributed by atoms with van der Waals surface area (Å²) >= 11 is 0. The van der Waals surface area contributed by atoms with Crippen LogP contribution in [0.1, 0.15) is 37.6 Å². The van der Waals surface area contributed by atoms with Crippen LogP contribution in [0.15, 0.2) is 48.5 Å². The van der Waals surface area contributed by atoms with Gasteiger partial charge in [-0.15, -0.1) is 0 Å². The average Bonchev–Trinajstić information content (AvgIpc) is 3.03. The molecule has 158 valence electrons. The molecule has 0 saturated carbocycles. The molecular formula is C23H28N4O3. The topological polar surface area (TPSA) is 85.3 Å². The number of fused-ring (bicyclic) bond motifs is 1. The van der Waals surface area contributed by atoms with Crippen LogP contribution in [-0.2, 0) is 11.8 Å². The SMILES string of the molecule is Cn1nc(-c2ccc(C(=O)NCCCNC(=O)OC(C)(C)C)cc2)c2ccccc21. The van der Waals surface area contributed by atoms with Crippen LogP contribution in [0.25, 0.3) is 22.2 Å². The normalized spacial score (nSPS) is 11.3. The Kier molecular flexibility index (Phi) is 6.40. The minimum Gasteiger partial charge on any atom is -0.444 e. The maximum absolute atomic E-state index is 12.4. The Balaban J connectivity index is 1.51. The van der Waals surface area contributed by atoms with Crippen LogP contribution in [0.3, 0.4) is 0 Å². The fourth-order valence-electron chi connectivity index (χ4n) is 3.10. The molecule has 0 unspecified atom stereocenters. The van der Waals surface area contributed by atoms with Gasteiger partial charge in [-0.05, 0) is 45.4 Å². The summed E-state index contributed by atoms with van der Waals surface area (Å²) in [6.07, 6.45) is 0.162. The summed E-state index contributed by atoms with van der Waals surface area (Å²) in [4.78, 5) is 23.9. The van der Waals surface area contributed by atoms with E-state index in [0.717, 1.165) is 22.2 Å². The number of para-hydroxylation sites is 1. The molecule has 2 aromatic carbocycles. The number of alkyl carbamates (subject to hydrolysis) is 1. The summed E-state index contributed by atoms with van der Waals surface area (Å²) < 4.78 is 7.02. The Morgan fingerprint density at radius 2 is 1.67 bits per heavy atom. The van der Waals surface area contributed by atoms with Gasteiger partial charge in [0.15, 0.2) is 0 Å². The number of rotatable bonds is 6. The first kappa shape index (κ1) is 21.4. The van der Waals surface area contributed by atoms with Crippen LogP contribution in [0.2, 0.25) is 0 Å². The zero-order valence-corrected chi connectivity index (χ0v) is 17.9. The maximum atomic E-state index is 12.4. The maximum Gasteiger partial charge on any atom is 0.407 e. The Hall–Kier alpha value is -3.35. The van der Waals surface area contributed by atoms with Gasteiger partial charge in [0.2, 0.25) is 0 Å². The number of carbonyl (C=O) groups excluding carboxylic acids is 2. The Morgan fingerprint density at radius 1 is 1.00 bits per heavy atom. The summed E-state index contributed by atoms with van der Waals surface area (Å²) in [6, 6.07) is 15.5. The number of amides is 2. The van der Waals surface area contributed by atoms with Gasteiger partial charge in [0.05, 0.1) is 5.52 Å². The van der Waals surface area contributed by atoms with Gasteiger partial charge in [-0.3, -0.25) is 9.48 Å². The third kappa shape index (κ3) is 5.37. The van der Waals surface area contributed by atoms with Gasteiger partial charge in [-0.2, -0.15) is 5.10 Å². The highest BCUT2D eigenvalue weighted by atomic mass is 16.6. The first-order valence-corrected chi connectivity index (χ1v) is 10.0. The molecule has 30 heavy (non-hydrogen) atoms. The van der Waals surface area contributed by atoms with Gasteiger partial charge < -0.3 is 15.4 Å². The summed E-state index contributed by atoms with van der Waals surface area (Å²) in [5.74, 6) is -0.148. The molecule has 1 heterocycles. The zero-order chi connectivity index (χ0) is 21.7. The minimum atomic E-state index is -0.522. The third-order valence-electron chi connectivity index (χ3n) is 4.49. The van der Waals surface area contributed by atoms with Gasteiger partial charge in [0, 0.05) is 36.7 Å². The van der Waals surface area contributed by atoms with Crippen molar-refractivity contribution in [2.24, 2.45) is 7.05 Å². The van der Waals surface area contributed by atoms with Gasteiger partial charge in [0.1, 0.15) is 11.3 Å². The van der Waals surface area contributed by atoms with Crippen molar-refractivity contribution in [2.75, 3.05) is 13.1 Å². The smallest absolute Gasteiger partial charge is 0.407 e. The lowest BCUT2D eigenvalue weighted by molar-refractivity contribution is 0.0527. The van der Waals surface area contributed by atoms with Crippen molar-refractivity contribution in [1.29, 1.82) is 0 Å². The summed E-state index contributed by atoms with van der Waals surface area (Å²) in [5.41, 5.74) is 2.98. The van der Waals surface area contributed by atoms with Crippen molar-refractivity contribution in [1.82, 2.24) is 20.4 Å². The van der Waals surface area contributed by atoms with Crippen molar-refractivity contribution in [3.8, 4) is 11.3 Å². The van der Waals surface area contributed by atoms with E-state index in [0.29, 0.717) is 25.1 Å². The van der Waals surface area contributed by atoms with Gasteiger partial charge in [-0.1, -0.05) is 30.3 Å². The third-order valence-corrected chi connectivity index (χ3v) is 4.49. The molecule has 2 N–H and O–H groups in total. The number of ether oxygens (including phenoxy) is 1. The summed E-state index contributed by atoms with van der Waals surface area (Å²) in [7, 11) is 1.92. The number of aromatic nitrogens is 2. The second kappa shape index (κ2) is 8.98. The van der Waals surface area contributed by atoms with E-state index in [2.05, 4.69) is 15.7 Å². The number of carbonyl (C=O) groups is 2. The fraction of sp³-hybridized carbons (Fsp3) is 0.348. The van der Waals surface area contributed by atoms with Crippen molar-refractivity contribution in [2.45, 2.75) is 32.8 Å². The highest BCUT2D eigenvalue weighted by molar-refractivity contribution is 5.96. The average molecular weight is 409 g/mol. The van der Waals surface area contributed by atoms with Crippen molar-refractivity contribution < 1.29 is 14.3 Å². The molecule has 7 nitrogen and oxygen atoms in total. The molecule has 3 aromatic rings. The highest BCUT2D eigenvalue weighted by Gasteiger charge is 2.15. The molecule has 0 aliphatic heterocycles. The first-order valence-electron chi connectivity index (χ1n) is 10.0.